The molecule has 0 unspecified atom stereocenters. The number of nitrogens with zero attached hydrogens (tertiary/aromatic N) is 4. The quantitative estimate of drug-likeness (QED) is 0.369. The van der Waals surface area contributed by atoms with Gasteiger partial charge < -0.3 is 4.57 Å². The van der Waals surface area contributed by atoms with Crippen LogP contribution in [0.4, 0.5) is 0 Å². The van der Waals surface area contributed by atoms with Gasteiger partial charge in [-0.05, 0) is 47.7 Å². The highest BCUT2D eigenvalue weighted by molar-refractivity contribution is 8.04. The second-order valence-corrected chi connectivity index (χ2v) is 5.24. The van der Waals surface area contributed by atoms with E-state index in [2.05, 4.69) is 37.3 Å². The first-order chi connectivity index (χ1) is 9.17. The summed E-state index contributed by atoms with van der Waals surface area (Å²) in [6.45, 7) is 3.55. The van der Waals surface area contributed by atoms with Gasteiger partial charge >= 0.3 is 0 Å². The van der Waals surface area contributed by atoms with E-state index in [9.17, 15) is 0 Å². The molecule has 2 aromatic rings. The van der Waals surface area contributed by atoms with Crippen LogP contribution in [0.3, 0.4) is 0 Å². The van der Waals surface area contributed by atoms with Gasteiger partial charge in [-0.1, -0.05) is 11.8 Å². The minimum atomic E-state index is 0.170. The molecule has 96 valence electrons. The lowest BCUT2D eigenvalue weighted by atomic mass is 10.5. The number of fused-ring (bicyclic) bond motifs is 1. The van der Waals surface area contributed by atoms with Crippen molar-refractivity contribution in [1.29, 1.82) is 0 Å². The first kappa shape index (κ1) is 14.1. The van der Waals surface area contributed by atoms with E-state index in [1.165, 1.54) is 23.5 Å². The maximum Gasteiger partial charge on any atom is 0.225 e. The van der Waals surface area contributed by atoms with Crippen LogP contribution in [0.5, 0.6) is 0 Å². The van der Waals surface area contributed by atoms with Gasteiger partial charge in [-0.3, -0.25) is 0 Å². The Balaban J connectivity index is 2.62. The number of aromatic nitrogens is 4. The van der Waals surface area contributed by atoms with Crippen LogP contribution < -0.4 is 0 Å². The number of halogens is 1. The van der Waals surface area contributed by atoms with Gasteiger partial charge in [-0.15, -0.1) is 0 Å². The van der Waals surface area contributed by atoms with Gasteiger partial charge in [-0.2, -0.15) is 4.98 Å². The van der Waals surface area contributed by atoms with E-state index in [1.54, 1.807) is 13.8 Å². The van der Waals surface area contributed by atoms with E-state index < -0.39 is 0 Å². The fourth-order valence-corrected chi connectivity index (χ4v) is 2.81. The molecule has 2 rings (SSSR count). The lowest BCUT2D eigenvalue weighted by Gasteiger charge is -2.01. The molecule has 0 spiro atoms. The highest BCUT2D eigenvalue weighted by Crippen LogP contribution is 2.29. The van der Waals surface area contributed by atoms with Crippen molar-refractivity contribution >= 4 is 46.3 Å². The normalized spacial score (nSPS) is 9.68. The molecule has 0 N–H and O–H groups in total. The molecule has 2 heterocycles. The van der Waals surface area contributed by atoms with E-state index in [0.29, 0.717) is 10.7 Å². The number of rotatable bonds is 2. The highest BCUT2D eigenvalue weighted by Gasteiger charge is 2.15. The van der Waals surface area contributed by atoms with Crippen molar-refractivity contribution in [2.75, 3.05) is 0 Å². The van der Waals surface area contributed by atoms with Gasteiger partial charge in [0.25, 0.3) is 0 Å². The summed E-state index contributed by atoms with van der Waals surface area (Å²) in [6.07, 6.45) is 0. The molecule has 19 heavy (non-hydrogen) atoms. The number of hydrogen-bond donors (Lipinski definition) is 0. The van der Waals surface area contributed by atoms with E-state index in [1.807, 2.05) is 11.6 Å². The third kappa shape index (κ3) is 2.98. The summed E-state index contributed by atoms with van der Waals surface area (Å²) >= 11 is 8.56. The molecular formula is C12H9ClN4S2. The third-order valence-corrected chi connectivity index (χ3v) is 3.93. The molecule has 0 saturated carbocycles. The van der Waals surface area contributed by atoms with Crippen LogP contribution in [0, 0.1) is 22.3 Å². The molecular weight excluding hydrogens is 300 g/mol. The Morgan fingerprint density at radius 1 is 1.05 bits per heavy atom. The van der Waals surface area contributed by atoms with Crippen LogP contribution >= 0.6 is 35.1 Å². The second-order valence-electron chi connectivity index (χ2n) is 3.33. The van der Waals surface area contributed by atoms with Crippen LogP contribution in [0.2, 0.25) is 5.28 Å². The van der Waals surface area contributed by atoms with Crippen LogP contribution in [-0.4, -0.2) is 19.5 Å². The minimum absolute atomic E-state index is 0.170. The summed E-state index contributed by atoms with van der Waals surface area (Å²) in [6, 6.07) is 0. The number of hydrogen-bond acceptors (Lipinski definition) is 5. The highest BCUT2D eigenvalue weighted by atomic mass is 35.5. The number of aryl methyl sites for hydroxylation is 1. The first-order valence-corrected chi connectivity index (χ1v) is 7.25. The summed E-state index contributed by atoms with van der Waals surface area (Å²) in [4.78, 5) is 12.7. The van der Waals surface area contributed by atoms with Crippen molar-refractivity contribution in [3.8, 4) is 22.3 Å². The number of imidazole rings is 1. The van der Waals surface area contributed by atoms with Crippen molar-refractivity contribution in [2.24, 2.45) is 7.05 Å². The molecule has 0 amide bonds. The second kappa shape index (κ2) is 6.21. The zero-order valence-electron chi connectivity index (χ0n) is 10.5. The topological polar surface area (TPSA) is 43.6 Å². The Morgan fingerprint density at radius 2 is 1.74 bits per heavy atom. The Hall–Kier alpha value is -1.34. The molecule has 0 fully saturated rings. The van der Waals surface area contributed by atoms with Crippen LogP contribution in [0.25, 0.3) is 11.2 Å². The van der Waals surface area contributed by atoms with Crippen molar-refractivity contribution < 1.29 is 0 Å². The van der Waals surface area contributed by atoms with E-state index in [0.717, 1.165) is 10.7 Å². The smallest absolute Gasteiger partial charge is 0.225 e. The van der Waals surface area contributed by atoms with E-state index >= 15 is 0 Å². The maximum absolute atomic E-state index is 5.90. The van der Waals surface area contributed by atoms with Gasteiger partial charge in [0.05, 0.1) is 0 Å². The summed E-state index contributed by atoms with van der Waals surface area (Å²) in [5.74, 6) is 5.63. The van der Waals surface area contributed by atoms with Crippen molar-refractivity contribution in [3.63, 3.8) is 0 Å². The first-order valence-electron chi connectivity index (χ1n) is 5.24. The monoisotopic (exact) mass is 308 g/mol. The largest absolute Gasteiger partial charge is 0.318 e. The van der Waals surface area contributed by atoms with Gasteiger partial charge in [-0.25, -0.2) is 9.97 Å². The Morgan fingerprint density at radius 3 is 2.42 bits per heavy atom. The predicted octanol–water partition coefficient (Wildman–Crippen LogP) is 3.16. The molecule has 7 heteroatoms. The number of thioether (sulfide) groups is 2. The molecule has 0 saturated heterocycles. The van der Waals surface area contributed by atoms with Crippen molar-refractivity contribution in [3.05, 3.63) is 5.28 Å². The lowest BCUT2D eigenvalue weighted by molar-refractivity contribution is 0.809. The molecule has 0 atom stereocenters. The maximum atomic E-state index is 5.90. The molecule has 0 radical (unpaired) electrons. The SMILES string of the molecule is CC#CSc1nc(Cl)nc2nc(SC#CC)n(C)c12. The van der Waals surface area contributed by atoms with Gasteiger partial charge in [0.1, 0.15) is 10.5 Å². The summed E-state index contributed by atoms with van der Waals surface area (Å²) in [5.41, 5.74) is 1.38. The fourth-order valence-electron chi connectivity index (χ4n) is 1.39. The molecule has 4 nitrogen and oxygen atoms in total. The molecule has 0 aliphatic heterocycles. The molecule has 0 aliphatic carbocycles. The van der Waals surface area contributed by atoms with Crippen molar-refractivity contribution in [1.82, 2.24) is 19.5 Å². The zero-order chi connectivity index (χ0) is 13.8. The molecule has 0 aliphatic rings. The molecule has 0 aromatic carbocycles. The fraction of sp³-hybridized carbons (Fsp3) is 0.250. The Bertz CT molecular complexity index is 746. The minimum Gasteiger partial charge on any atom is -0.318 e. The zero-order valence-corrected chi connectivity index (χ0v) is 12.9. The molecule has 2 aromatic heterocycles. The predicted molar refractivity (Wildman–Crippen MR) is 79.9 cm³/mol. The standard InChI is InChI=1S/C12H9ClN4S2/c1-4-6-18-10-8-9(14-11(13)16-10)15-12(17(8)3)19-7-5-2/h1-3H3. The van der Waals surface area contributed by atoms with Crippen molar-refractivity contribution in [2.45, 2.75) is 24.0 Å². The summed E-state index contributed by atoms with van der Waals surface area (Å²) < 4.78 is 1.90. The lowest BCUT2D eigenvalue weighted by Crippen LogP contribution is -1.94. The average Bonchev–Trinajstić information content (AvgIpc) is 2.70. The molecule has 0 bridgehead atoms. The van der Waals surface area contributed by atoms with Crippen LogP contribution in [0.1, 0.15) is 13.8 Å². The van der Waals surface area contributed by atoms with Crippen LogP contribution in [0.15, 0.2) is 10.2 Å². The van der Waals surface area contributed by atoms with Gasteiger partial charge in [0.2, 0.25) is 5.28 Å². The van der Waals surface area contributed by atoms with Crippen LogP contribution in [-0.2, 0) is 7.05 Å². The Labute approximate surface area is 124 Å². The third-order valence-electron chi connectivity index (χ3n) is 2.12. The summed E-state index contributed by atoms with van der Waals surface area (Å²) in [5, 5.41) is 7.45. The summed E-state index contributed by atoms with van der Waals surface area (Å²) in [7, 11) is 1.90. The van der Waals surface area contributed by atoms with E-state index in [-0.39, 0.29) is 5.28 Å². The van der Waals surface area contributed by atoms with Gasteiger partial charge in [0.15, 0.2) is 10.8 Å². The van der Waals surface area contributed by atoms with E-state index in [4.69, 9.17) is 11.6 Å². The Kier molecular flexibility index (Phi) is 4.60. The average molecular weight is 309 g/mol. The van der Waals surface area contributed by atoms with Gasteiger partial charge in [0, 0.05) is 18.8 Å².